The lowest BCUT2D eigenvalue weighted by Crippen LogP contribution is -2.56. The van der Waals surface area contributed by atoms with Crippen LogP contribution in [0.15, 0.2) is 11.6 Å². The molecule has 0 aromatic rings. The van der Waals surface area contributed by atoms with Gasteiger partial charge in [0.1, 0.15) is 5.92 Å². The largest absolute Gasteiger partial charge is 0.481 e. The number of carboxylic acid groups (broad SMARTS) is 4. The molecule has 1 aliphatic carbocycles. The second-order valence-electron chi connectivity index (χ2n) is 3.12. The summed E-state index contributed by atoms with van der Waals surface area (Å²) in [5.41, 5.74) is -3.85. The lowest BCUT2D eigenvalue weighted by atomic mass is 9.60. The van der Waals surface area contributed by atoms with Crippen molar-refractivity contribution in [1.29, 1.82) is 0 Å². The van der Waals surface area contributed by atoms with Crippen molar-refractivity contribution in [3.05, 3.63) is 11.6 Å². The Balaban J connectivity index is 3.40. The Bertz CT molecular complexity index is 417. The third-order valence-electron chi connectivity index (χ3n) is 2.40. The molecule has 0 spiro atoms. The lowest BCUT2D eigenvalue weighted by molar-refractivity contribution is -0.175. The molecule has 0 amide bonds. The molecule has 1 atom stereocenters. The molecule has 0 bridgehead atoms. The molecule has 86 valence electrons. The van der Waals surface area contributed by atoms with Crippen LogP contribution in [-0.2, 0) is 19.2 Å². The Morgan fingerprint density at radius 1 is 1.00 bits per heavy atom. The molecule has 4 N–H and O–H groups in total. The summed E-state index contributed by atoms with van der Waals surface area (Å²) in [4.78, 5) is 42.8. The van der Waals surface area contributed by atoms with Crippen molar-refractivity contribution in [3.63, 3.8) is 0 Å². The highest BCUT2D eigenvalue weighted by atomic mass is 16.4. The first-order valence-corrected chi connectivity index (χ1v) is 3.91. The van der Waals surface area contributed by atoms with Gasteiger partial charge in [-0.25, -0.2) is 4.79 Å². The van der Waals surface area contributed by atoms with Gasteiger partial charge in [0.25, 0.3) is 0 Å². The van der Waals surface area contributed by atoms with Crippen molar-refractivity contribution < 1.29 is 39.6 Å². The van der Waals surface area contributed by atoms with Crippen LogP contribution >= 0.6 is 0 Å². The highest BCUT2D eigenvalue weighted by Crippen LogP contribution is 2.47. The fourth-order valence-electron chi connectivity index (χ4n) is 1.58. The molecule has 16 heavy (non-hydrogen) atoms. The number of hydrogen-bond donors (Lipinski definition) is 4. The molecule has 0 heterocycles. The van der Waals surface area contributed by atoms with E-state index in [0.717, 1.165) is 0 Å². The first kappa shape index (κ1) is 11.7. The van der Waals surface area contributed by atoms with E-state index in [4.69, 9.17) is 20.4 Å². The maximum Gasteiger partial charge on any atom is 0.333 e. The molecular formula is C8H6O8. The minimum absolute atomic E-state index is 0.604. The summed E-state index contributed by atoms with van der Waals surface area (Å²) in [7, 11) is 0. The van der Waals surface area contributed by atoms with E-state index in [1.165, 1.54) is 0 Å². The quantitative estimate of drug-likeness (QED) is 0.443. The lowest BCUT2D eigenvalue weighted by Gasteiger charge is -2.37. The number of rotatable bonds is 4. The van der Waals surface area contributed by atoms with Crippen LogP contribution in [-0.4, -0.2) is 44.3 Å². The Morgan fingerprint density at radius 3 is 1.69 bits per heavy atom. The highest BCUT2D eigenvalue weighted by Gasteiger charge is 2.66. The van der Waals surface area contributed by atoms with Gasteiger partial charge >= 0.3 is 23.9 Å². The van der Waals surface area contributed by atoms with Crippen molar-refractivity contribution in [1.82, 2.24) is 0 Å². The third kappa shape index (κ3) is 1.16. The van der Waals surface area contributed by atoms with Crippen LogP contribution in [0.5, 0.6) is 0 Å². The molecule has 0 saturated heterocycles. The first-order chi connectivity index (χ1) is 7.26. The summed E-state index contributed by atoms with van der Waals surface area (Å²) in [5, 5.41) is 34.7. The minimum atomic E-state index is -2.91. The Labute approximate surface area is 87.4 Å². The molecule has 1 unspecified atom stereocenters. The van der Waals surface area contributed by atoms with E-state index in [2.05, 4.69) is 0 Å². The number of hydrogen-bond acceptors (Lipinski definition) is 4. The molecule has 1 rings (SSSR count). The monoisotopic (exact) mass is 230 g/mol. The molecule has 8 nitrogen and oxygen atoms in total. The average molecular weight is 230 g/mol. The molecule has 0 fully saturated rings. The van der Waals surface area contributed by atoms with Gasteiger partial charge in [-0.2, -0.15) is 0 Å². The van der Waals surface area contributed by atoms with Gasteiger partial charge in [-0.1, -0.05) is 6.08 Å². The summed E-state index contributed by atoms with van der Waals surface area (Å²) in [6.45, 7) is 0. The van der Waals surface area contributed by atoms with Crippen LogP contribution < -0.4 is 0 Å². The van der Waals surface area contributed by atoms with Gasteiger partial charge in [0.15, 0.2) is 0 Å². The summed E-state index contributed by atoms with van der Waals surface area (Å²) in [6, 6.07) is 0. The molecular weight excluding hydrogens is 224 g/mol. The van der Waals surface area contributed by atoms with Crippen molar-refractivity contribution in [2.45, 2.75) is 0 Å². The van der Waals surface area contributed by atoms with E-state index in [0.29, 0.717) is 6.08 Å². The van der Waals surface area contributed by atoms with Gasteiger partial charge in [0.05, 0.1) is 5.57 Å². The van der Waals surface area contributed by atoms with E-state index in [1.807, 2.05) is 0 Å². The smallest absolute Gasteiger partial charge is 0.333 e. The molecule has 1 aliphatic rings. The Kier molecular flexibility index (Phi) is 2.43. The average Bonchev–Trinajstić information content (AvgIpc) is 1.97. The second kappa shape index (κ2) is 3.33. The van der Waals surface area contributed by atoms with Crippen molar-refractivity contribution in [2.75, 3.05) is 0 Å². The number of carboxylic acids is 4. The molecule has 0 aromatic heterocycles. The molecule has 0 saturated carbocycles. The summed E-state index contributed by atoms with van der Waals surface area (Å²) >= 11 is 0. The first-order valence-electron chi connectivity index (χ1n) is 3.91. The molecule has 0 aromatic carbocycles. The van der Waals surface area contributed by atoms with Crippen molar-refractivity contribution in [3.8, 4) is 0 Å². The van der Waals surface area contributed by atoms with Crippen LogP contribution in [0.2, 0.25) is 0 Å². The SMILES string of the molecule is O=C(O)C1=CC(C(=O)O)C1(C(=O)O)C(=O)O. The topological polar surface area (TPSA) is 149 Å². The van der Waals surface area contributed by atoms with Crippen LogP contribution in [0.3, 0.4) is 0 Å². The van der Waals surface area contributed by atoms with Crippen molar-refractivity contribution >= 4 is 23.9 Å². The summed E-state index contributed by atoms with van der Waals surface area (Å²) in [6.07, 6.45) is 0.604. The highest BCUT2D eigenvalue weighted by molar-refractivity contribution is 6.16. The predicted molar refractivity (Wildman–Crippen MR) is 44.5 cm³/mol. The maximum atomic E-state index is 10.8. The third-order valence-corrected chi connectivity index (χ3v) is 2.40. The fraction of sp³-hybridized carbons (Fsp3) is 0.250. The second-order valence-corrected chi connectivity index (χ2v) is 3.12. The molecule has 0 aliphatic heterocycles. The van der Waals surface area contributed by atoms with E-state index < -0.39 is 40.8 Å². The van der Waals surface area contributed by atoms with Crippen LogP contribution in [0.4, 0.5) is 0 Å². The van der Waals surface area contributed by atoms with Crippen molar-refractivity contribution in [2.24, 2.45) is 11.3 Å². The zero-order chi connectivity index (χ0) is 12.7. The number of carbonyl (C=O) groups is 4. The standard InChI is InChI=1S/C8H6O8/c9-4(10)2-1-3(5(11)12)8(2,6(13)14)7(15)16/h1-2H,(H,9,10)(H,11,12)(H,13,14)(H,15,16). The predicted octanol–water partition coefficient (Wildman–Crippen LogP) is -1.13. The van der Waals surface area contributed by atoms with Gasteiger partial charge in [0.2, 0.25) is 5.41 Å². The van der Waals surface area contributed by atoms with Crippen LogP contribution in [0.25, 0.3) is 0 Å². The van der Waals surface area contributed by atoms with Crippen LogP contribution in [0.1, 0.15) is 0 Å². The van der Waals surface area contributed by atoms with Gasteiger partial charge < -0.3 is 20.4 Å². The minimum Gasteiger partial charge on any atom is -0.481 e. The van der Waals surface area contributed by atoms with Gasteiger partial charge in [-0.05, 0) is 0 Å². The summed E-state index contributed by atoms with van der Waals surface area (Å²) < 4.78 is 0. The molecule has 8 heteroatoms. The fourth-order valence-corrected chi connectivity index (χ4v) is 1.58. The van der Waals surface area contributed by atoms with E-state index >= 15 is 0 Å². The zero-order valence-electron chi connectivity index (χ0n) is 7.58. The van der Waals surface area contributed by atoms with Gasteiger partial charge in [0, 0.05) is 0 Å². The molecule has 0 radical (unpaired) electrons. The van der Waals surface area contributed by atoms with E-state index in [9.17, 15) is 19.2 Å². The summed E-state index contributed by atoms with van der Waals surface area (Å²) in [5.74, 6) is -9.36. The Hall–Kier alpha value is -2.38. The van der Waals surface area contributed by atoms with E-state index in [1.54, 1.807) is 0 Å². The zero-order valence-corrected chi connectivity index (χ0v) is 7.58. The maximum absolute atomic E-state index is 10.8. The van der Waals surface area contributed by atoms with Crippen LogP contribution in [0, 0.1) is 11.3 Å². The van der Waals surface area contributed by atoms with Gasteiger partial charge in [-0.3, -0.25) is 14.4 Å². The Morgan fingerprint density at radius 2 is 1.44 bits per heavy atom. The van der Waals surface area contributed by atoms with E-state index in [-0.39, 0.29) is 0 Å². The normalized spacial score (nSPS) is 21.5. The van der Waals surface area contributed by atoms with Gasteiger partial charge in [-0.15, -0.1) is 0 Å². The number of aliphatic carboxylic acids is 4.